The molecule has 0 saturated carbocycles. The van der Waals surface area contributed by atoms with Gasteiger partial charge < -0.3 is 10.6 Å². The van der Waals surface area contributed by atoms with E-state index >= 15 is 0 Å². The molecule has 0 aliphatic carbocycles. The summed E-state index contributed by atoms with van der Waals surface area (Å²) in [6, 6.07) is 8.59. The van der Waals surface area contributed by atoms with Crippen molar-refractivity contribution in [1.29, 1.82) is 0 Å². The molecule has 4 rings (SSSR count). The van der Waals surface area contributed by atoms with E-state index in [1.165, 1.54) is 0 Å². The lowest BCUT2D eigenvalue weighted by atomic mass is 10.1. The Bertz CT molecular complexity index is 559. The van der Waals surface area contributed by atoms with Gasteiger partial charge in [0.15, 0.2) is 0 Å². The van der Waals surface area contributed by atoms with Crippen LogP contribution in [0.2, 0.25) is 0 Å². The first kappa shape index (κ1) is 16.0. The molecule has 3 fully saturated rings. The Hall–Kier alpha value is -1.92. The van der Waals surface area contributed by atoms with Gasteiger partial charge in [0.1, 0.15) is 12.1 Å². The summed E-state index contributed by atoms with van der Waals surface area (Å²) in [6.45, 7) is 6.47. The predicted molar refractivity (Wildman–Crippen MR) is 89.1 cm³/mol. The standard InChI is InChI=1S/C17H24N4O2/c1-13(16(22)19-14-6-3-2-4-7-14)18-17(23)15-12-20-8-5-9-21(15)11-10-20/h2-4,6-7,13,15H,5,8-12H2,1H3,(H,18,23)(H,19,22). The molecule has 1 aromatic carbocycles. The summed E-state index contributed by atoms with van der Waals surface area (Å²) < 4.78 is 0. The normalized spacial score (nSPS) is 27.8. The summed E-state index contributed by atoms with van der Waals surface area (Å²) in [7, 11) is 0. The maximum absolute atomic E-state index is 12.5. The molecule has 6 nitrogen and oxygen atoms in total. The number of piperazine rings is 1. The third kappa shape index (κ3) is 3.89. The smallest absolute Gasteiger partial charge is 0.246 e. The van der Waals surface area contributed by atoms with Crippen molar-refractivity contribution in [1.82, 2.24) is 15.1 Å². The molecule has 3 aliphatic heterocycles. The monoisotopic (exact) mass is 316 g/mol. The molecular weight excluding hydrogens is 292 g/mol. The van der Waals surface area contributed by atoms with Gasteiger partial charge >= 0.3 is 0 Å². The molecule has 0 spiro atoms. The minimum atomic E-state index is -0.555. The van der Waals surface area contributed by atoms with Gasteiger partial charge in [-0.05, 0) is 32.0 Å². The minimum Gasteiger partial charge on any atom is -0.343 e. The Morgan fingerprint density at radius 1 is 1.13 bits per heavy atom. The number of amides is 2. The number of nitrogens with zero attached hydrogens (tertiary/aromatic N) is 2. The average Bonchev–Trinajstić information content (AvgIpc) is 2.91. The van der Waals surface area contributed by atoms with Crippen molar-refractivity contribution in [3.63, 3.8) is 0 Å². The van der Waals surface area contributed by atoms with Gasteiger partial charge in [0.25, 0.3) is 0 Å². The van der Waals surface area contributed by atoms with Crippen molar-refractivity contribution in [3.8, 4) is 0 Å². The topological polar surface area (TPSA) is 64.7 Å². The number of hydrogen-bond donors (Lipinski definition) is 2. The van der Waals surface area contributed by atoms with Gasteiger partial charge in [-0.25, -0.2) is 0 Å². The van der Waals surface area contributed by atoms with E-state index in [4.69, 9.17) is 0 Å². The summed E-state index contributed by atoms with van der Waals surface area (Å²) >= 11 is 0. The number of fused-ring (bicyclic) bond motifs is 4. The number of nitrogens with one attached hydrogen (secondary N) is 2. The molecule has 2 amide bonds. The van der Waals surface area contributed by atoms with Crippen LogP contribution < -0.4 is 10.6 Å². The van der Waals surface area contributed by atoms with Gasteiger partial charge in [-0.3, -0.25) is 19.4 Å². The Labute approximate surface area is 136 Å². The van der Waals surface area contributed by atoms with Gasteiger partial charge in [-0.15, -0.1) is 0 Å². The lowest BCUT2D eigenvalue weighted by Crippen LogP contribution is -2.58. The first-order valence-electron chi connectivity index (χ1n) is 8.26. The highest BCUT2D eigenvalue weighted by molar-refractivity contribution is 5.97. The number of hydrogen-bond acceptors (Lipinski definition) is 4. The van der Waals surface area contributed by atoms with Crippen LogP contribution in [0, 0.1) is 0 Å². The molecule has 3 aliphatic rings. The molecule has 3 saturated heterocycles. The Morgan fingerprint density at radius 3 is 2.70 bits per heavy atom. The largest absolute Gasteiger partial charge is 0.343 e. The van der Waals surface area contributed by atoms with Gasteiger partial charge in [-0.2, -0.15) is 0 Å². The average molecular weight is 316 g/mol. The molecule has 23 heavy (non-hydrogen) atoms. The summed E-state index contributed by atoms with van der Waals surface area (Å²) in [4.78, 5) is 29.3. The fourth-order valence-electron chi connectivity index (χ4n) is 3.24. The quantitative estimate of drug-likeness (QED) is 0.850. The van der Waals surface area contributed by atoms with Crippen LogP contribution in [-0.4, -0.2) is 66.4 Å². The van der Waals surface area contributed by atoms with E-state index in [9.17, 15) is 9.59 Å². The van der Waals surface area contributed by atoms with Crippen LogP contribution in [-0.2, 0) is 9.59 Å². The first-order chi connectivity index (χ1) is 11.1. The number of anilines is 1. The highest BCUT2D eigenvalue weighted by Crippen LogP contribution is 2.16. The molecule has 0 aromatic heterocycles. The maximum atomic E-state index is 12.5. The molecule has 2 N–H and O–H groups in total. The third-order valence-corrected chi connectivity index (χ3v) is 4.59. The molecule has 124 valence electrons. The number of carbonyl (C=O) groups excluding carboxylic acids is 2. The zero-order chi connectivity index (χ0) is 16.2. The molecule has 1 aromatic rings. The van der Waals surface area contributed by atoms with Gasteiger partial charge in [-0.1, -0.05) is 18.2 Å². The van der Waals surface area contributed by atoms with E-state index in [0.29, 0.717) is 0 Å². The first-order valence-corrected chi connectivity index (χ1v) is 8.26. The van der Waals surface area contributed by atoms with Gasteiger partial charge in [0.05, 0.1) is 0 Å². The number of benzene rings is 1. The number of rotatable bonds is 4. The molecule has 3 heterocycles. The van der Waals surface area contributed by atoms with Crippen LogP contribution in [0.25, 0.3) is 0 Å². The van der Waals surface area contributed by atoms with Crippen molar-refractivity contribution in [2.45, 2.75) is 25.4 Å². The van der Waals surface area contributed by atoms with E-state index in [-0.39, 0.29) is 17.9 Å². The second kappa shape index (κ2) is 7.10. The third-order valence-electron chi connectivity index (χ3n) is 4.59. The van der Waals surface area contributed by atoms with E-state index in [1.807, 2.05) is 30.3 Å². The Kier molecular flexibility index (Phi) is 4.93. The molecular formula is C17H24N4O2. The Balaban J connectivity index is 1.55. The SMILES string of the molecule is CC(NC(=O)C1CN2CCCN1CC2)C(=O)Nc1ccccc1. The summed E-state index contributed by atoms with van der Waals surface area (Å²) in [5.41, 5.74) is 0.738. The predicted octanol–water partition coefficient (Wildman–Crippen LogP) is 0.520. The Morgan fingerprint density at radius 2 is 1.91 bits per heavy atom. The highest BCUT2D eigenvalue weighted by atomic mass is 16.2. The van der Waals surface area contributed by atoms with Crippen molar-refractivity contribution in [2.24, 2.45) is 0 Å². The molecule has 6 heteroatoms. The van der Waals surface area contributed by atoms with Crippen LogP contribution >= 0.6 is 0 Å². The van der Waals surface area contributed by atoms with E-state index in [1.54, 1.807) is 6.92 Å². The molecule has 2 bridgehead atoms. The summed E-state index contributed by atoms with van der Waals surface area (Å²) in [6.07, 6.45) is 1.10. The van der Waals surface area contributed by atoms with Crippen LogP contribution in [0.4, 0.5) is 5.69 Å². The van der Waals surface area contributed by atoms with Crippen molar-refractivity contribution >= 4 is 17.5 Å². The zero-order valence-electron chi connectivity index (χ0n) is 13.5. The lowest BCUT2D eigenvalue weighted by Gasteiger charge is -2.36. The van der Waals surface area contributed by atoms with Crippen molar-refractivity contribution in [3.05, 3.63) is 30.3 Å². The summed E-state index contributed by atoms with van der Waals surface area (Å²) in [5, 5.41) is 5.68. The van der Waals surface area contributed by atoms with Crippen LogP contribution in [0.5, 0.6) is 0 Å². The van der Waals surface area contributed by atoms with Crippen LogP contribution in [0.3, 0.4) is 0 Å². The van der Waals surface area contributed by atoms with E-state index < -0.39 is 6.04 Å². The fraction of sp³-hybridized carbons (Fsp3) is 0.529. The van der Waals surface area contributed by atoms with Crippen molar-refractivity contribution in [2.75, 3.05) is 38.0 Å². The van der Waals surface area contributed by atoms with Gasteiger partial charge in [0, 0.05) is 31.9 Å². The summed E-state index contributed by atoms with van der Waals surface area (Å²) in [5.74, 6) is -0.244. The molecule has 4 atom stereocenters. The van der Waals surface area contributed by atoms with Crippen molar-refractivity contribution < 1.29 is 9.59 Å². The second-order valence-electron chi connectivity index (χ2n) is 6.29. The zero-order valence-corrected chi connectivity index (χ0v) is 13.5. The van der Waals surface area contributed by atoms with Crippen LogP contribution in [0.1, 0.15) is 13.3 Å². The highest BCUT2D eigenvalue weighted by Gasteiger charge is 2.35. The second-order valence-corrected chi connectivity index (χ2v) is 6.29. The fourth-order valence-corrected chi connectivity index (χ4v) is 3.24. The van der Waals surface area contributed by atoms with Gasteiger partial charge in [0.2, 0.25) is 11.8 Å². The van der Waals surface area contributed by atoms with E-state index in [2.05, 4.69) is 20.4 Å². The van der Waals surface area contributed by atoms with E-state index in [0.717, 1.165) is 44.8 Å². The maximum Gasteiger partial charge on any atom is 0.246 e. The van der Waals surface area contributed by atoms with Crippen LogP contribution in [0.15, 0.2) is 30.3 Å². The number of carbonyl (C=O) groups is 2. The lowest BCUT2D eigenvalue weighted by molar-refractivity contribution is -0.131. The minimum absolute atomic E-state index is 0.0488. The molecule has 0 radical (unpaired) electrons. The molecule has 4 unspecified atom stereocenters. The number of para-hydroxylation sites is 1.